The molecule has 19 heavy (non-hydrogen) atoms. The second kappa shape index (κ2) is 4.40. The lowest BCUT2D eigenvalue weighted by Gasteiger charge is -2.04. The van der Waals surface area contributed by atoms with Crippen LogP contribution in [0.4, 0.5) is 0 Å². The molecule has 102 valence electrons. The summed E-state index contributed by atoms with van der Waals surface area (Å²) in [5.41, 5.74) is 0.160. The number of carboxylic acid groups (broad SMARTS) is 1. The first-order valence-electron chi connectivity index (χ1n) is 6.68. The Hall–Kier alpha value is -1.78. The van der Waals surface area contributed by atoms with Crippen LogP contribution in [0.15, 0.2) is 10.5 Å². The van der Waals surface area contributed by atoms with Crippen molar-refractivity contribution in [2.75, 3.05) is 0 Å². The monoisotopic (exact) mass is 263 g/mol. The molecule has 2 aliphatic rings. The summed E-state index contributed by atoms with van der Waals surface area (Å²) >= 11 is 0. The molecule has 5 nitrogen and oxygen atoms in total. The Kier molecular flexibility index (Phi) is 2.84. The fourth-order valence-electron chi connectivity index (χ4n) is 3.35. The van der Waals surface area contributed by atoms with Crippen LogP contribution in [0.2, 0.25) is 0 Å². The topological polar surface area (TPSA) is 79.5 Å². The molecule has 2 unspecified atom stereocenters. The van der Waals surface area contributed by atoms with E-state index >= 15 is 0 Å². The Bertz CT molecular complexity index is 524. The minimum absolute atomic E-state index is 0.0839. The Morgan fingerprint density at radius 2 is 2.11 bits per heavy atom. The molecule has 2 atom stereocenters. The smallest absolute Gasteiger partial charge is 0.339 e. The average molecular weight is 263 g/mol. The Labute approximate surface area is 111 Å². The van der Waals surface area contributed by atoms with Gasteiger partial charge in [0.05, 0.1) is 6.54 Å². The van der Waals surface area contributed by atoms with Gasteiger partial charge in [0.2, 0.25) is 5.91 Å². The molecule has 0 aromatic carbocycles. The van der Waals surface area contributed by atoms with Gasteiger partial charge in [-0.2, -0.15) is 0 Å². The van der Waals surface area contributed by atoms with E-state index < -0.39 is 5.97 Å². The summed E-state index contributed by atoms with van der Waals surface area (Å²) in [4.78, 5) is 22.8. The van der Waals surface area contributed by atoms with Gasteiger partial charge in [-0.15, -0.1) is 0 Å². The minimum atomic E-state index is -1.00. The molecule has 1 aromatic rings. The predicted octanol–water partition coefficient (Wildman–Crippen LogP) is 1.95. The standard InChI is InChI=1S/C14H17NO4/c1-7-11(14(17)18)5-8(19-7)6-15-13(16)12-9-3-2-4-10(9)12/h5,9-10,12H,2-4,6H2,1H3,(H,15,16)(H,17,18). The number of fused-ring (bicyclic) bond motifs is 1. The summed E-state index contributed by atoms with van der Waals surface area (Å²) in [7, 11) is 0. The van der Waals surface area contributed by atoms with Gasteiger partial charge < -0.3 is 14.8 Å². The van der Waals surface area contributed by atoms with Gasteiger partial charge in [0, 0.05) is 5.92 Å². The van der Waals surface area contributed by atoms with Crippen molar-refractivity contribution in [2.24, 2.45) is 17.8 Å². The third-order valence-electron chi connectivity index (χ3n) is 4.35. The van der Waals surface area contributed by atoms with Gasteiger partial charge in [0.25, 0.3) is 0 Å². The van der Waals surface area contributed by atoms with Crippen molar-refractivity contribution < 1.29 is 19.1 Å². The van der Waals surface area contributed by atoms with Crippen molar-refractivity contribution in [1.29, 1.82) is 0 Å². The molecule has 0 bridgehead atoms. The number of carbonyl (C=O) groups is 2. The van der Waals surface area contributed by atoms with Crippen LogP contribution in [0.5, 0.6) is 0 Å². The highest BCUT2D eigenvalue weighted by Crippen LogP contribution is 2.57. The second-order valence-electron chi connectivity index (χ2n) is 5.49. The van der Waals surface area contributed by atoms with Crippen LogP contribution in [-0.4, -0.2) is 17.0 Å². The van der Waals surface area contributed by atoms with E-state index in [-0.39, 0.29) is 23.9 Å². The molecule has 0 radical (unpaired) electrons. The molecule has 1 amide bonds. The number of carboxylic acids is 1. The predicted molar refractivity (Wildman–Crippen MR) is 66.6 cm³/mol. The van der Waals surface area contributed by atoms with E-state index in [1.54, 1.807) is 6.92 Å². The molecule has 1 aromatic heterocycles. The van der Waals surface area contributed by atoms with E-state index in [0.717, 1.165) is 0 Å². The highest BCUT2D eigenvalue weighted by Gasteiger charge is 2.56. The zero-order valence-electron chi connectivity index (χ0n) is 10.8. The maximum absolute atomic E-state index is 11.9. The van der Waals surface area contributed by atoms with Crippen LogP contribution in [0.25, 0.3) is 0 Å². The fourth-order valence-corrected chi connectivity index (χ4v) is 3.35. The fraction of sp³-hybridized carbons (Fsp3) is 0.571. The van der Waals surface area contributed by atoms with Crippen molar-refractivity contribution >= 4 is 11.9 Å². The van der Waals surface area contributed by atoms with Gasteiger partial charge in [-0.3, -0.25) is 4.79 Å². The molecule has 0 spiro atoms. The summed E-state index contributed by atoms with van der Waals surface area (Å²) in [5.74, 6) is 1.31. The van der Waals surface area contributed by atoms with Crippen molar-refractivity contribution in [3.05, 3.63) is 23.2 Å². The van der Waals surface area contributed by atoms with Crippen LogP contribution in [0, 0.1) is 24.7 Å². The minimum Gasteiger partial charge on any atom is -0.478 e. The van der Waals surface area contributed by atoms with Crippen LogP contribution in [0.1, 0.15) is 41.1 Å². The van der Waals surface area contributed by atoms with Gasteiger partial charge in [-0.25, -0.2) is 4.79 Å². The normalized spacial score (nSPS) is 27.9. The quantitative estimate of drug-likeness (QED) is 0.870. The number of hydrogen-bond acceptors (Lipinski definition) is 3. The number of carbonyl (C=O) groups excluding carboxylic acids is 1. The Morgan fingerprint density at radius 3 is 2.68 bits per heavy atom. The van der Waals surface area contributed by atoms with Crippen LogP contribution in [0.3, 0.4) is 0 Å². The van der Waals surface area contributed by atoms with E-state index in [0.29, 0.717) is 23.4 Å². The first-order valence-corrected chi connectivity index (χ1v) is 6.68. The SMILES string of the molecule is Cc1oc(CNC(=O)C2C3CCCC32)cc1C(=O)O. The number of furan rings is 1. The van der Waals surface area contributed by atoms with E-state index in [2.05, 4.69) is 5.32 Å². The highest BCUT2D eigenvalue weighted by atomic mass is 16.4. The third-order valence-corrected chi connectivity index (χ3v) is 4.35. The number of rotatable bonds is 4. The molecule has 2 fully saturated rings. The molecule has 0 aliphatic heterocycles. The Balaban J connectivity index is 1.56. The average Bonchev–Trinajstić information content (AvgIpc) is 2.75. The van der Waals surface area contributed by atoms with Crippen molar-refractivity contribution in [2.45, 2.75) is 32.7 Å². The summed E-state index contributed by atoms with van der Waals surface area (Å²) in [6.45, 7) is 1.88. The molecule has 2 saturated carbocycles. The lowest BCUT2D eigenvalue weighted by Crippen LogP contribution is -2.25. The van der Waals surface area contributed by atoms with Crippen LogP contribution in [-0.2, 0) is 11.3 Å². The number of aryl methyl sites for hydroxylation is 1. The first kappa shape index (κ1) is 12.3. The first-order chi connectivity index (χ1) is 9.08. The molecule has 3 rings (SSSR count). The number of amides is 1. The van der Waals surface area contributed by atoms with Gasteiger partial charge in [0.15, 0.2) is 0 Å². The molecule has 0 saturated heterocycles. The summed E-state index contributed by atoms with van der Waals surface area (Å²) in [6, 6.07) is 1.48. The van der Waals surface area contributed by atoms with E-state index in [1.165, 1.54) is 25.3 Å². The zero-order chi connectivity index (χ0) is 13.6. The van der Waals surface area contributed by atoms with Gasteiger partial charge in [-0.05, 0) is 37.7 Å². The molecule has 2 N–H and O–H groups in total. The maximum Gasteiger partial charge on any atom is 0.339 e. The largest absolute Gasteiger partial charge is 0.478 e. The Morgan fingerprint density at radius 1 is 1.42 bits per heavy atom. The second-order valence-corrected chi connectivity index (χ2v) is 5.49. The van der Waals surface area contributed by atoms with Gasteiger partial charge in [-0.1, -0.05) is 6.42 Å². The lowest BCUT2D eigenvalue weighted by molar-refractivity contribution is -0.123. The number of nitrogens with one attached hydrogen (secondary N) is 1. The van der Waals surface area contributed by atoms with E-state index in [1.807, 2.05) is 0 Å². The summed E-state index contributed by atoms with van der Waals surface area (Å²) < 4.78 is 5.32. The highest BCUT2D eigenvalue weighted by molar-refractivity contribution is 5.88. The maximum atomic E-state index is 11.9. The van der Waals surface area contributed by atoms with Crippen LogP contribution >= 0.6 is 0 Å². The number of aromatic carboxylic acids is 1. The molecular weight excluding hydrogens is 246 g/mol. The van der Waals surface area contributed by atoms with Crippen molar-refractivity contribution in [3.8, 4) is 0 Å². The molecule has 2 aliphatic carbocycles. The summed E-state index contributed by atoms with van der Waals surface area (Å²) in [5, 5.41) is 11.8. The number of hydrogen-bond donors (Lipinski definition) is 2. The van der Waals surface area contributed by atoms with Crippen molar-refractivity contribution in [1.82, 2.24) is 5.32 Å². The molecule has 1 heterocycles. The summed E-state index contributed by atoms with van der Waals surface area (Å²) in [6.07, 6.45) is 3.59. The van der Waals surface area contributed by atoms with E-state index in [4.69, 9.17) is 9.52 Å². The molecule has 5 heteroatoms. The zero-order valence-corrected chi connectivity index (χ0v) is 10.8. The van der Waals surface area contributed by atoms with Crippen LogP contribution < -0.4 is 5.32 Å². The van der Waals surface area contributed by atoms with Gasteiger partial charge >= 0.3 is 5.97 Å². The third kappa shape index (κ3) is 2.13. The van der Waals surface area contributed by atoms with Gasteiger partial charge in [0.1, 0.15) is 17.1 Å². The lowest BCUT2D eigenvalue weighted by atomic mass is 10.1. The van der Waals surface area contributed by atoms with Crippen molar-refractivity contribution in [3.63, 3.8) is 0 Å². The van der Waals surface area contributed by atoms with E-state index in [9.17, 15) is 9.59 Å². The molecular formula is C14H17NO4.